The van der Waals surface area contributed by atoms with E-state index in [0.29, 0.717) is 24.9 Å². The molecule has 1 amide bonds. The SMILES string of the molecule is C=CCN1CC(n2cc(-c3nc(-c4ccc5c(c4)CCN(C(=O)OC(C)(C)C)C5)c4c(c3-c3ccc(F)cc3OC)CCC4)cn2)C1. The lowest BCUT2D eigenvalue weighted by atomic mass is 9.89. The van der Waals surface area contributed by atoms with Crippen LogP contribution in [0.15, 0.2) is 61.4 Å². The summed E-state index contributed by atoms with van der Waals surface area (Å²) >= 11 is 0. The van der Waals surface area contributed by atoms with Gasteiger partial charge in [0.2, 0.25) is 0 Å². The van der Waals surface area contributed by atoms with E-state index in [4.69, 9.17) is 19.6 Å². The van der Waals surface area contributed by atoms with Gasteiger partial charge in [-0.15, -0.1) is 6.58 Å². The summed E-state index contributed by atoms with van der Waals surface area (Å²) in [5.41, 5.74) is 9.91. The lowest BCUT2D eigenvalue weighted by Crippen LogP contribution is -2.47. The summed E-state index contributed by atoms with van der Waals surface area (Å²) in [7, 11) is 1.58. The summed E-state index contributed by atoms with van der Waals surface area (Å²) in [6.45, 7) is 13.4. The molecule has 1 fully saturated rings. The Balaban J connectivity index is 1.30. The Hall–Kier alpha value is -4.50. The van der Waals surface area contributed by atoms with Gasteiger partial charge in [-0.1, -0.05) is 18.2 Å². The Kier molecular flexibility index (Phi) is 8.12. The molecule has 3 aliphatic rings. The second-order valence-electron chi connectivity index (χ2n) is 13.8. The van der Waals surface area contributed by atoms with Crippen molar-refractivity contribution in [3.05, 3.63) is 89.5 Å². The molecule has 0 N–H and O–H groups in total. The van der Waals surface area contributed by atoms with E-state index in [1.54, 1.807) is 12.0 Å². The molecule has 2 aromatic carbocycles. The Bertz CT molecular complexity index is 1850. The molecule has 8 nitrogen and oxygen atoms in total. The fraction of sp³-hybridized carbons (Fsp3) is 0.395. The standard InChI is InChI=1S/C38H42FN5O3/c1-6-15-42-22-29(23-42)44-21-27(19-40-44)36-34(32-13-12-28(39)18-33(32)46-5)30-8-7-9-31(30)35(41-36)25-10-11-26-20-43(16-14-24(26)17-25)37(45)47-38(2,3)4/h6,10-13,17-19,21,29H,1,7-9,14-16,20,22-23H2,2-5H3. The van der Waals surface area contributed by atoms with E-state index in [0.717, 1.165) is 84.5 Å². The average molecular weight is 636 g/mol. The first-order valence-corrected chi connectivity index (χ1v) is 16.5. The molecule has 0 saturated carbocycles. The summed E-state index contributed by atoms with van der Waals surface area (Å²) in [4.78, 5) is 22.3. The van der Waals surface area contributed by atoms with Crippen LogP contribution >= 0.6 is 0 Å². The van der Waals surface area contributed by atoms with E-state index in [1.165, 1.54) is 28.8 Å². The maximum atomic E-state index is 14.4. The van der Waals surface area contributed by atoms with Crippen LogP contribution in [0.1, 0.15) is 55.5 Å². The molecule has 4 aromatic rings. The molecule has 47 heavy (non-hydrogen) atoms. The van der Waals surface area contributed by atoms with Crippen molar-refractivity contribution < 1.29 is 18.7 Å². The highest BCUT2D eigenvalue weighted by Gasteiger charge is 2.31. The fourth-order valence-electron chi connectivity index (χ4n) is 7.15. The van der Waals surface area contributed by atoms with Crippen molar-refractivity contribution in [2.24, 2.45) is 0 Å². The number of fused-ring (bicyclic) bond motifs is 2. The molecule has 2 aromatic heterocycles. The number of carbonyl (C=O) groups excluding carboxylic acids is 1. The van der Waals surface area contributed by atoms with Gasteiger partial charge >= 0.3 is 6.09 Å². The van der Waals surface area contributed by atoms with E-state index in [-0.39, 0.29) is 11.9 Å². The van der Waals surface area contributed by atoms with Gasteiger partial charge in [-0.2, -0.15) is 5.10 Å². The van der Waals surface area contributed by atoms with Crippen molar-refractivity contribution in [1.29, 1.82) is 0 Å². The molecular formula is C38H42FN5O3. The van der Waals surface area contributed by atoms with Crippen LogP contribution in [0, 0.1) is 5.82 Å². The minimum Gasteiger partial charge on any atom is -0.496 e. The number of benzene rings is 2. The number of rotatable bonds is 7. The highest BCUT2D eigenvalue weighted by atomic mass is 19.1. The van der Waals surface area contributed by atoms with Gasteiger partial charge in [0.25, 0.3) is 0 Å². The third-order valence-electron chi connectivity index (χ3n) is 9.42. The summed E-state index contributed by atoms with van der Waals surface area (Å²) in [5.74, 6) is 0.152. The minimum atomic E-state index is -0.532. The van der Waals surface area contributed by atoms with Gasteiger partial charge in [0.1, 0.15) is 17.2 Å². The van der Waals surface area contributed by atoms with Crippen molar-refractivity contribution in [2.45, 2.75) is 64.6 Å². The molecule has 1 saturated heterocycles. The van der Waals surface area contributed by atoms with Gasteiger partial charge in [-0.25, -0.2) is 14.2 Å². The predicted octanol–water partition coefficient (Wildman–Crippen LogP) is 7.25. The number of carbonyl (C=O) groups is 1. The van der Waals surface area contributed by atoms with Gasteiger partial charge in [0, 0.05) is 67.2 Å². The van der Waals surface area contributed by atoms with E-state index in [9.17, 15) is 9.18 Å². The molecule has 0 unspecified atom stereocenters. The largest absolute Gasteiger partial charge is 0.496 e. The number of hydrogen-bond acceptors (Lipinski definition) is 6. The molecule has 1 aliphatic carbocycles. The van der Waals surface area contributed by atoms with Gasteiger partial charge < -0.3 is 14.4 Å². The molecule has 0 bridgehead atoms. The zero-order chi connectivity index (χ0) is 32.9. The van der Waals surface area contributed by atoms with E-state index in [2.05, 4.69) is 35.9 Å². The third-order valence-corrected chi connectivity index (χ3v) is 9.42. The Morgan fingerprint density at radius 1 is 1.04 bits per heavy atom. The van der Waals surface area contributed by atoms with Crippen molar-refractivity contribution in [1.82, 2.24) is 24.6 Å². The van der Waals surface area contributed by atoms with Gasteiger partial charge in [-0.3, -0.25) is 9.58 Å². The first-order valence-electron chi connectivity index (χ1n) is 16.5. The lowest BCUT2D eigenvalue weighted by Gasteiger charge is -2.38. The van der Waals surface area contributed by atoms with Crippen LogP contribution in [0.2, 0.25) is 0 Å². The topological polar surface area (TPSA) is 72.7 Å². The van der Waals surface area contributed by atoms with Crippen LogP contribution in [0.4, 0.5) is 9.18 Å². The molecule has 4 heterocycles. The number of amides is 1. The smallest absolute Gasteiger partial charge is 0.410 e. The van der Waals surface area contributed by atoms with Crippen molar-refractivity contribution in [2.75, 3.05) is 33.3 Å². The normalized spacial score (nSPS) is 16.4. The number of nitrogens with zero attached hydrogens (tertiary/aromatic N) is 5. The van der Waals surface area contributed by atoms with Gasteiger partial charge in [0.05, 0.1) is 30.7 Å². The monoisotopic (exact) mass is 635 g/mol. The van der Waals surface area contributed by atoms with Crippen molar-refractivity contribution >= 4 is 6.09 Å². The number of ether oxygens (including phenoxy) is 2. The van der Waals surface area contributed by atoms with Crippen molar-refractivity contribution in [3.63, 3.8) is 0 Å². The van der Waals surface area contributed by atoms with Crippen LogP contribution in [0.3, 0.4) is 0 Å². The maximum absolute atomic E-state index is 14.4. The van der Waals surface area contributed by atoms with Crippen LogP contribution < -0.4 is 4.74 Å². The second kappa shape index (κ2) is 12.3. The van der Waals surface area contributed by atoms with Crippen molar-refractivity contribution in [3.8, 4) is 39.4 Å². The Morgan fingerprint density at radius 2 is 1.85 bits per heavy atom. The molecule has 244 valence electrons. The summed E-state index contributed by atoms with van der Waals surface area (Å²) in [6, 6.07) is 11.6. The van der Waals surface area contributed by atoms with E-state index in [1.807, 2.05) is 43.8 Å². The van der Waals surface area contributed by atoms with Crippen LogP contribution in [-0.2, 0) is 30.5 Å². The van der Waals surface area contributed by atoms with Crippen LogP contribution in [0.5, 0.6) is 5.75 Å². The zero-order valence-electron chi connectivity index (χ0n) is 27.7. The summed E-state index contributed by atoms with van der Waals surface area (Å²) in [6.07, 6.45) is 9.23. The average Bonchev–Trinajstić information content (AvgIpc) is 3.71. The third kappa shape index (κ3) is 6.04. The second-order valence-corrected chi connectivity index (χ2v) is 13.8. The van der Waals surface area contributed by atoms with E-state index < -0.39 is 5.60 Å². The number of pyridine rings is 1. The maximum Gasteiger partial charge on any atom is 0.410 e. The molecule has 0 radical (unpaired) electrons. The number of likely N-dealkylation sites (tertiary alicyclic amines) is 1. The summed E-state index contributed by atoms with van der Waals surface area (Å²) in [5, 5.41) is 4.79. The molecule has 2 aliphatic heterocycles. The zero-order valence-corrected chi connectivity index (χ0v) is 27.7. The first kappa shape index (κ1) is 31.1. The number of hydrogen-bond donors (Lipinski definition) is 0. The number of aromatic nitrogens is 3. The van der Waals surface area contributed by atoms with Gasteiger partial charge in [0.15, 0.2) is 0 Å². The van der Waals surface area contributed by atoms with Gasteiger partial charge in [-0.05, 0) is 86.9 Å². The molecule has 0 spiro atoms. The number of halogens is 1. The minimum absolute atomic E-state index is 0.279. The summed E-state index contributed by atoms with van der Waals surface area (Å²) < 4.78 is 27.8. The molecule has 7 rings (SSSR count). The van der Waals surface area contributed by atoms with E-state index >= 15 is 0 Å². The number of methoxy groups -OCH3 is 1. The molecule has 9 heteroatoms. The quantitative estimate of drug-likeness (QED) is 0.199. The molecular weight excluding hydrogens is 593 g/mol. The first-order chi connectivity index (χ1) is 22.6. The molecule has 0 atom stereocenters. The highest BCUT2D eigenvalue weighted by molar-refractivity contribution is 5.89. The van der Waals surface area contributed by atoms with Crippen LogP contribution in [-0.4, -0.2) is 69.5 Å². The van der Waals surface area contributed by atoms with Crippen LogP contribution in [0.25, 0.3) is 33.6 Å². The Labute approximate surface area is 275 Å². The predicted molar refractivity (Wildman–Crippen MR) is 181 cm³/mol. The fourth-order valence-corrected chi connectivity index (χ4v) is 7.15. The Morgan fingerprint density at radius 3 is 2.62 bits per heavy atom. The highest BCUT2D eigenvalue weighted by Crippen LogP contribution is 2.46. The lowest BCUT2D eigenvalue weighted by molar-refractivity contribution is 0.0224.